The minimum atomic E-state index is 0.0592. The van der Waals surface area contributed by atoms with Crippen molar-refractivity contribution in [2.75, 3.05) is 64.0 Å². The third kappa shape index (κ3) is 4.88. The van der Waals surface area contributed by atoms with E-state index in [0.717, 1.165) is 45.6 Å². The fourth-order valence-corrected chi connectivity index (χ4v) is 4.01. The lowest BCUT2D eigenvalue weighted by molar-refractivity contribution is -0.136. The number of carbonyl (C=O) groups is 1. The summed E-state index contributed by atoms with van der Waals surface area (Å²) in [4.78, 5) is 34.2. The molecular formula is C19H34N8O. The van der Waals surface area contributed by atoms with Gasteiger partial charge in [-0.15, -0.1) is 0 Å². The molecule has 1 amide bonds. The number of nitrogens with two attached hydrogens (primary N) is 1. The van der Waals surface area contributed by atoms with Crippen molar-refractivity contribution in [1.82, 2.24) is 29.7 Å². The second-order valence-electron chi connectivity index (χ2n) is 8.17. The fourth-order valence-electron chi connectivity index (χ4n) is 4.01. The number of likely N-dealkylation sites (tertiary alicyclic amines) is 1. The summed E-state index contributed by atoms with van der Waals surface area (Å²) in [5.74, 6) is 1.80. The first-order valence-electron chi connectivity index (χ1n) is 10.3. The van der Waals surface area contributed by atoms with E-state index in [1.807, 2.05) is 19.0 Å². The molecule has 0 spiro atoms. The Hall–Kier alpha value is -2.00. The molecule has 2 aliphatic heterocycles. The van der Waals surface area contributed by atoms with E-state index in [4.69, 9.17) is 5.73 Å². The SMILES string of the molecule is C[C@@H]1CCCCN1C(=O)CN1CCN([C@@H](C)c2nc(N)nc(N(C)C)n2)CC1. The Kier molecular flexibility index (Phi) is 6.66. The maximum absolute atomic E-state index is 12.7. The molecule has 2 aliphatic rings. The Balaban J connectivity index is 1.54. The lowest BCUT2D eigenvalue weighted by atomic mass is 10.0. The van der Waals surface area contributed by atoms with Crippen LogP contribution < -0.4 is 10.6 Å². The maximum Gasteiger partial charge on any atom is 0.236 e. The maximum atomic E-state index is 12.7. The van der Waals surface area contributed by atoms with Gasteiger partial charge in [0.1, 0.15) is 0 Å². The van der Waals surface area contributed by atoms with E-state index in [2.05, 4.69) is 43.5 Å². The predicted octanol–water partition coefficient (Wildman–Crippen LogP) is 0.599. The molecular weight excluding hydrogens is 356 g/mol. The predicted molar refractivity (Wildman–Crippen MR) is 110 cm³/mol. The number of nitrogens with zero attached hydrogens (tertiary/aromatic N) is 7. The van der Waals surface area contributed by atoms with E-state index in [1.54, 1.807) is 0 Å². The second-order valence-corrected chi connectivity index (χ2v) is 8.17. The molecule has 9 nitrogen and oxygen atoms in total. The highest BCUT2D eigenvalue weighted by Gasteiger charge is 2.28. The van der Waals surface area contributed by atoms with Gasteiger partial charge in [0, 0.05) is 52.9 Å². The standard InChI is InChI=1S/C19H34N8O/c1-14-7-5-6-8-27(14)16(28)13-25-9-11-26(12-10-25)15(2)17-21-18(20)23-19(22-17)24(3)4/h14-15H,5-13H2,1-4H3,(H2,20,21,22,23)/t14-,15+/m1/s1. The molecule has 1 aromatic rings. The molecule has 3 rings (SSSR count). The smallest absolute Gasteiger partial charge is 0.236 e. The van der Waals surface area contributed by atoms with E-state index in [-0.39, 0.29) is 17.9 Å². The molecule has 2 saturated heterocycles. The zero-order valence-electron chi connectivity index (χ0n) is 17.6. The van der Waals surface area contributed by atoms with E-state index in [1.165, 1.54) is 6.42 Å². The van der Waals surface area contributed by atoms with Gasteiger partial charge in [0.2, 0.25) is 17.8 Å². The zero-order chi connectivity index (χ0) is 20.3. The number of aromatic nitrogens is 3. The third-order valence-electron chi connectivity index (χ3n) is 5.87. The van der Waals surface area contributed by atoms with Crippen molar-refractivity contribution in [3.8, 4) is 0 Å². The fraction of sp³-hybridized carbons (Fsp3) is 0.789. The molecule has 9 heteroatoms. The number of carbonyl (C=O) groups excluding carboxylic acids is 1. The van der Waals surface area contributed by atoms with E-state index in [9.17, 15) is 4.79 Å². The van der Waals surface area contributed by atoms with Crippen LogP contribution in [0, 0.1) is 0 Å². The molecule has 2 atom stereocenters. The summed E-state index contributed by atoms with van der Waals surface area (Å²) in [5.41, 5.74) is 5.87. The van der Waals surface area contributed by atoms with Gasteiger partial charge in [-0.05, 0) is 33.1 Å². The van der Waals surface area contributed by atoms with Gasteiger partial charge < -0.3 is 15.5 Å². The Morgan fingerprint density at radius 3 is 2.50 bits per heavy atom. The van der Waals surface area contributed by atoms with Gasteiger partial charge in [-0.2, -0.15) is 15.0 Å². The quantitative estimate of drug-likeness (QED) is 0.781. The monoisotopic (exact) mass is 390 g/mol. The molecule has 156 valence electrons. The number of hydrogen-bond donors (Lipinski definition) is 1. The summed E-state index contributed by atoms with van der Waals surface area (Å²) in [6, 6.07) is 0.437. The van der Waals surface area contributed by atoms with Crippen LogP contribution in [0.2, 0.25) is 0 Å². The number of anilines is 2. The minimum Gasteiger partial charge on any atom is -0.368 e. The van der Waals surface area contributed by atoms with Gasteiger partial charge >= 0.3 is 0 Å². The number of amides is 1. The first-order chi connectivity index (χ1) is 13.3. The normalized spacial score (nSPS) is 22.9. The Labute approximate surface area is 167 Å². The molecule has 1 aromatic heterocycles. The summed E-state index contributed by atoms with van der Waals surface area (Å²) in [6.45, 7) is 9.21. The summed E-state index contributed by atoms with van der Waals surface area (Å²) in [6.07, 6.45) is 3.49. The first-order valence-corrected chi connectivity index (χ1v) is 10.3. The van der Waals surface area contributed by atoms with Gasteiger partial charge in [0.15, 0.2) is 5.82 Å². The van der Waals surface area contributed by atoms with Crippen LogP contribution in [0.3, 0.4) is 0 Å². The van der Waals surface area contributed by atoms with Crippen LogP contribution in [-0.2, 0) is 4.79 Å². The molecule has 0 radical (unpaired) electrons. The lowest BCUT2D eigenvalue weighted by Crippen LogP contribution is -2.52. The number of nitrogen functional groups attached to an aromatic ring is 1. The Morgan fingerprint density at radius 2 is 1.86 bits per heavy atom. The summed E-state index contributed by atoms with van der Waals surface area (Å²) < 4.78 is 0. The highest BCUT2D eigenvalue weighted by atomic mass is 16.2. The highest BCUT2D eigenvalue weighted by Crippen LogP contribution is 2.21. The van der Waals surface area contributed by atoms with Crippen molar-refractivity contribution in [3.63, 3.8) is 0 Å². The second kappa shape index (κ2) is 9.00. The molecule has 0 bridgehead atoms. The molecule has 0 aliphatic carbocycles. The van der Waals surface area contributed by atoms with Crippen molar-refractivity contribution < 1.29 is 4.79 Å². The Morgan fingerprint density at radius 1 is 1.14 bits per heavy atom. The van der Waals surface area contributed by atoms with Crippen molar-refractivity contribution in [2.24, 2.45) is 0 Å². The average Bonchev–Trinajstić information content (AvgIpc) is 2.67. The van der Waals surface area contributed by atoms with Gasteiger partial charge in [0.25, 0.3) is 0 Å². The molecule has 3 heterocycles. The number of rotatable bonds is 5. The largest absolute Gasteiger partial charge is 0.368 e. The molecule has 0 aromatic carbocycles. The average molecular weight is 391 g/mol. The van der Waals surface area contributed by atoms with Gasteiger partial charge in [-0.25, -0.2) is 0 Å². The van der Waals surface area contributed by atoms with Crippen LogP contribution in [0.1, 0.15) is 45.0 Å². The van der Waals surface area contributed by atoms with Crippen LogP contribution in [0.15, 0.2) is 0 Å². The topological polar surface area (TPSA) is 94.7 Å². The van der Waals surface area contributed by atoms with Crippen LogP contribution in [0.25, 0.3) is 0 Å². The van der Waals surface area contributed by atoms with Crippen molar-refractivity contribution in [3.05, 3.63) is 5.82 Å². The van der Waals surface area contributed by atoms with Crippen molar-refractivity contribution in [1.29, 1.82) is 0 Å². The summed E-state index contributed by atoms with van der Waals surface area (Å²) >= 11 is 0. The zero-order valence-corrected chi connectivity index (χ0v) is 17.6. The van der Waals surface area contributed by atoms with Crippen LogP contribution >= 0.6 is 0 Å². The molecule has 0 saturated carbocycles. The molecule has 2 N–H and O–H groups in total. The highest BCUT2D eigenvalue weighted by molar-refractivity contribution is 5.78. The number of hydrogen-bond acceptors (Lipinski definition) is 8. The summed E-state index contributed by atoms with van der Waals surface area (Å²) in [5, 5.41) is 0. The van der Waals surface area contributed by atoms with Crippen molar-refractivity contribution in [2.45, 2.75) is 45.2 Å². The van der Waals surface area contributed by atoms with Gasteiger partial charge in [-0.3, -0.25) is 14.6 Å². The lowest BCUT2D eigenvalue weighted by Gasteiger charge is -2.39. The van der Waals surface area contributed by atoms with E-state index >= 15 is 0 Å². The minimum absolute atomic E-state index is 0.0592. The van der Waals surface area contributed by atoms with Crippen LogP contribution in [-0.4, -0.2) is 95.0 Å². The number of piperazine rings is 1. The van der Waals surface area contributed by atoms with Gasteiger partial charge in [0.05, 0.1) is 12.6 Å². The van der Waals surface area contributed by atoms with E-state index in [0.29, 0.717) is 24.4 Å². The van der Waals surface area contributed by atoms with E-state index < -0.39 is 0 Å². The molecule has 2 fully saturated rings. The van der Waals surface area contributed by atoms with Crippen LogP contribution in [0.5, 0.6) is 0 Å². The summed E-state index contributed by atoms with van der Waals surface area (Å²) in [7, 11) is 3.78. The Bertz CT molecular complexity index is 674. The van der Waals surface area contributed by atoms with Crippen molar-refractivity contribution >= 4 is 17.8 Å². The molecule has 28 heavy (non-hydrogen) atoms. The number of piperidine rings is 1. The third-order valence-corrected chi connectivity index (χ3v) is 5.87. The van der Waals surface area contributed by atoms with Crippen LogP contribution in [0.4, 0.5) is 11.9 Å². The van der Waals surface area contributed by atoms with Gasteiger partial charge in [-0.1, -0.05) is 0 Å². The molecule has 0 unspecified atom stereocenters. The first kappa shape index (κ1) is 20.7.